The van der Waals surface area contributed by atoms with Crippen molar-refractivity contribution in [1.29, 1.82) is 0 Å². The minimum Gasteiger partial charge on any atom is -0.370 e. The lowest BCUT2D eigenvalue weighted by Crippen LogP contribution is -2.49. The minimum absolute atomic E-state index is 0. The molecule has 5 heteroatoms. The molecule has 0 radical (unpaired) electrons. The second-order valence-electron chi connectivity index (χ2n) is 5.84. The molecule has 0 saturated carbocycles. The van der Waals surface area contributed by atoms with Crippen molar-refractivity contribution in [3.8, 4) is 0 Å². The summed E-state index contributed by atoms with van der Waals surface area (Å²) in [5, 5.41) is 3.17. The molecule has 0 atom stereocenters. The Bertz CT molecular complexity index is 260. The standard InChI is InChI=1S/C14H30N4.HI/c1-4-5-9-16-13(15)17-12-14(2,3)18-10-7-6-8-11-18;/h4-12H2,1-3H3,(H3,15,16,17);1H. The number of hydrogen-bond donors (Lipinski definition) is 2. The maximum atomic E-state index is 5.87. The summed E-state index contributed by atoms with van der Waals surface area (Å²) in [6.45, 7) is 10.8. The molecule has 0 spiro atoms. The van der Waals surface area contributed by atoms with Crippen molar-refractivity contribution in [1.82, 2.24) is 10.2 Å². The largest absolute Gasteiger partial charge is 0.370 e. The Morgan fingerprint density at radius 1 is 1.26 bits per heavy atom. The van der Waals surface area contributed by atoms with E-state index in [4.69, 9.17) is 5.73 Å². The number of nitrogens with zero attached hydrogens (tertiary/aromatic N) is 2. The molecule has 0 amide bonds. The van der Waals surface area contributed by atoms with Gasteiger partial charge in [0.25, 0.3) is 0 Å². The van der Waals surface area contributed by atoms with E-state index in [2.05, 4.69) is 36.0 Å². The summed E-state index contributed by atoms with van der Waals surface area (Å²) >= 11 is 0. The molecule has 1 aliphatic heterocycles. The fourth-order valence-corrected chi connectivity index (χ4v) is 2.33. The number of hydrogen-bond acceptors (Lipinski definition) is 2. The van der Waals surface area contributed by atoms with Crippen molar-refractivity contribution < 1.29 is 0 Å². The Kier molecular flexibility index (Phi) is 9.78. The number of piperidine rings is 1. The second kappa shape index (κ2) is 9.80. The van der Waals surface area contributed by atoms with Gasteiger partial charge in [-0.3, -0.25) is 9.89 Å². The van der Waals surface area contributed by atoms with Crippen LogP contribution in [0.15, 0.2) is 4.99 Å². The third-order valence-corrected chi connectivity index (χ3v) is 3.68. The van der Waals surface area contributed by atoms with E-state index in [1.54, 1.807) is 0 Å². The average Bonchev–Trinajstić information content (AvgIpc) is 2.38. The lowest BCUT2D eigenvalue weighted by atomic mass is 9.99. The van der Waals surface area contributed by atoms with E-state index in [0.717, 1.165) is 19.5 Å². The van der Waals surface area contributed by atoms with Gasteiger partial charge in [0.2, 0.25) is 0 Å². The molecule has 0 aromatic carbocycles. The number of guanidine groups is 1. The fourth-order valence-electron chi connectivity index (χ4n) is 2.33. The average molecular weight is 382 g/mol. The first-order chi connectivity index (χ1) is 8.56. The van der Waals surface area contributed by atoms with Crippen LogP contribution in [0.25, 0.3) is 0 Å². The third-order valence-electron chi connectivity index (χ3n) is 3.68. The number of halogens is 1. The molecule has 4 nitrogen and oxygen atoms in total. The van der Waals surface area contributed by atoms with Crippen LogP contribution >= 0.6 is 24.0 Å². The SMILES string of the molecule is CCCCNC(N)=NCC(C)(C)N1CCCCC1.I. The molecule has 0 bridgehead atoms. The normalized spacial score (nSPS) is 17.9. The zero-order valence-electron chi connectivity index (χ0n) is 12.7. The maximum Gasteiger partial charge on any atom is 0.188 e. The topological polar surface area (TPSA) is 53.6 Å². The summed E-state index contributed by atoms with van der Waals surface area (Å²) in [4.78, 5) is 7.03. The van der Waals surface area contributed by atoms with Gasteiger partial charge in [0.1, 0.15) is 0 Å². The molecule has 0 aromatic heterocycles. The second-order valence-corrected chi connectivity index (χ2v) is 5.84. The Balaban J connectivity index is 0.00000324. The Morgan fingerprint density at radius 2 is 1.89 bits per heavy atom. The van der Waals surface area contributed by atoms with Crippen LogP contribution in [-0.2, 0) is 0 Å². The summed E-state index contributed by atoms with van der Waals surface area (Å²) < 4.78 is 0. The van der Waals surface area contributed by atoms with E-state index in [1.165, 1.54) is 38.8 Å². The van der Waals surface area contributed by atoms with Gasteiger partial charge in [-0.25, -0.2) is 0 Å². The molecule has 0 aliphatic carbocycles. The number of likely N-dealkylation sites (tertiary alicyclic amines) is 1. The highest BCUT2D eigenvalue weighted by Crippen LogP contribution is 2.20. The Hall–Kier alpha value is -0.0400. The van der Waals surface area contributed by atoms with Gasteiger partial charge in [0.05, 0.1) is 6.54 Å². The van der Waals surface area contributed by atoms with Gasteiger partial charge < -0.3 is 11.1 Å². The lowest BCUT2D eigenvalue weighted by molar-refractivity contribution is 0.102. The smallest absolute Gasteiger partial charge is 0.188 e. The zero-order valence-corrected chi connectivity index (χ0v) is 15.1. The molecule has 114 valence electrons. The summed E-state index contributed by atoms with van der Waals surface area (Å²) in [5.74, 6) is 0.591. The van der Waals surface area contributed by atoms with Gasteiger partial charge in [0.15, 0.2) is 5.96 Å². The van der Waals surface area contributed by atoms with E-state index < -0.39 is 0 Å². The molecule has 1 heterocycles. The van der Waals surface area contributed by atoms with Crippen molar-refractivity contribution in [3.63, 3.8) is 0 Å². The van der Waals surface area contributed by atoms with Gasteiger partial charge in [-0.05, 0) is 46.2 Å². The van der Waals surface area contributed by atoms with Crippen molar-refractivity contribution in [2.45, 2.75) is 58.4 Å². The van der Waals surface area contributed by atoms with Crippen LogP contribution in [0.1, 0.15) is 52.9 Å². The summed E-state index contributed by atoms with van der Waals surface area (Å²) in [6.07, 6.45) is 6.33. The predicted octanol–water partition coefficient (Wildman–Crippen LogP) is 2.57. The molecule has 1 fully saturated rings. The molecular formula is C14H31IN4. The Morgan fingerprint density at radius 3 is 2.47 bits per heavy atom. The first-order valence-corrected chi connectivity index (χ1v) is 7.35. The molecular weight excluding hydrogens is 351 g/mol. The monoisotopic (exact) mass is 382 g/mol. The van der Waals surface area contributed by atoms with E-state index in [0.29, 0.717) is 5.96 Å². The molecule has 0 unspecified atom stereocenters. The highest BCUT2D eigenvalue weighted by atomic mass is 127. The maximum absolute atomic E-state index is 5.87. The van der Waals surface area contributed by atoms with Gasteiger partial charge in [-0.2, -0.15) is 0 Å². The Labute approximate surface area is 135 Å². The summed E-state index contributed by atoms with van der Waals surface area (Å²) in [5.41, 5.74) is 5.99. The van der Waals surface area contributed by atoms with E-state index in [-0.39, 0.29) is 29.5 Å². The van der Waals surface area contributed by atoms with E-state index in [9.17, 15) is 0 Å². The molecule has 19 heavy (non-hydrogen) atoms. The molecule has 3 N–H and O–H groups in total. The zero-order chi connectivity index (χ0) is 13.4. The molecule has 1 aliphatic rings. The van der Waals surface area contributed by atoms with Gasteiger partial charge in [-0.1, -0.05) is 19.8 Å². The van der Waals surface area contributed by atoms with E-state index in [1.807, 2.05) is 0 Å². The highest BCUT2D eigenvalue weighted by Gasteiger charge is 2.27. The van der Waals surface area contributed by atoms with Crippen molar-refractivity contribution in [2.24, 2.45) is 10.7 Å². The van der Waals surface area contributed by atoms with E-state index >= 15 is 0 Å². The van der Waals surface area contributed by atoms with Crippen molar-refractivity contribution in [3.05, 3.63) is 0 Å². The summed E-state index contributed by atoms with van der Waals surface area (Å²) in [7, 11) is 0. The van der Waals surface area contributed by atoms with Crippen LogP contribution in [0, 0.1) is 0 Å². The highest BCUT2D eigenvalue weighted by molar-refractivity contribution is 14.0. The van der Waals surface area contributed by atoms with Gasteiger partial charge in [0, 0.05) is 12.1 Å². The van der Waals surface area contributed by atoms with Crippen LogP contribution in [0.3, 0.4) is 0 Å². The number of aliphatic imine (C=N–C) groups is 1. The van der Waals surface area contributed by atoms with Crippen LogP contribution in [0.4, 0.5) is 0 Å². The van der Waals surface area contributed by atoms with Crippen LogP contribution in [0.2, 0.25) is 0 Å². The number of rotatable bonds is 6. The van der Waals surface area contributed by atoms with Crippen molar-refractivity contribution in [2.75, 3.05) is 26.2 Å². The van der Waals surface area contributed by atoms with Crippen molar-refractivity contribution >= 4 is 29.9 Å². The summed E-state index contributed by atoms with van der Waals surface area (Å²) in [6, 6.07) is 0. The molecule has 1 saturated heterocycles. The fraction of sp³-hybridized carbons (Fsp3) is 0.929. The first kappa shape index (κ1) is 19.0. The minimum atomic E-state index is 0. The molecule has 1 rings (SSSR count). The van der Waals surface area contributed by atoms with Crippen LogP contribution < -0.4 is 11.1 Å². The number of nitrogens with two attached hydrogens (primary N) is 1. The molecule has 0 aromatic rings. The first-order valence-electron chi connectivity index (χ1n) is 7.35. The van der Waals surface area contributed by atoms with Gasteiger partial charge in [-0.15, -0.1) is 24.0 Å². The van der Waals surface area contributed by atoms with Crippen LogP contribution in [-0.4, -0.2) is 42.6 Å². The third kappa shape index (κ3) is 7.34. The number of nitrogens with one attached hydrogen (secondary N) is 1. The van der Waals surface area contributed by atoms with Gasteiger partial charge >= 0.3 is 0 Å². The predicted molar refractivity (Wildman–Crippen MR) is 94.3 cm³/mol. The lowest BCUT2D eigenvalue weighted by Gasteiger charge is -2.40. The number of unbranched alkanes of at least 4 members (excludes halogenated alkanes) is 1. The van der Waals surface area contributed by atoms with Crippen LogP contribution in [0.5, 0.6) is 0 Å². The quantitative estimate of drug-likeness (QED) is 0.321.